The van der Waals surface area contributed by atoms with Gasteiger partial charge in [-0.15, -0.1) is 0 Å². The highest BCUT2D eigenvalue weighted by Crippen LogP contribution is 2.40. The molecule has 4 heteroatoms. The molecule has 0 bridgehead atoms. The van der Waals surface area contributed by atoms with E-state index in [2.05, 4.69) is 33.6 Å². The second kappa shape index (κ2) is 5.99. The molecule has 0 aliphatic heterocycles. The number of nitriles is 1. The van der Waals surface area contributed by atoms with E-state index in [1.54, 1.807) is 0 Å². The lowest BCUT2D eigenvalue weighted by molar-refractivity contribution is 0.640. The zero-order chi connectivity index (χ0) is 13.0. The zero-order valence-corrected chi connectivity index (χ0v) is 12.9. The van der Waals surface area contributed by atoms with Gasteiger partial charge in [-0.05, 0) is 37.3 Å². The summed E-state index contributed by atoms with van der Waals surface area (Å²) in [6.45, 7) is 0.982. The molecule has 0 unspecified atom stereocenters. The van der Waals surface area contributed by atoms with Crippen LogP contribution in [0.15, 0.2) is 22.7 Å². The lowest BCUT2D eigenvalue weighted by Gasteiger charge is -2.27. The number of rotatable bonds is 4. The Bertz CT molecular complexity index is 461. The van der Waals surface area contributed by atoms with Gasteiger partial charge in [0.2, 0.25) is 0 Å². The molecule has 1 aliphatic rings. The summed E-state index contributed by atoms with van der Waals surface area (Å²) in [5, 5.41) is 12.5. The van der Waals surface area contributed by atoms with Gasteiger partial charge in [0, 0.05) is 21.5 Å². The van der Waals surface area contributed by atoms with Crippen LogP contribution in [0.25, 0.3) is 0 Å². The van der Waals surface area contributed by atoms with Gasteiger partial charge in [-0.2, -0.15) is 17.0 Å². The van der Waals surface area contributed by atoms with Crippen LogP contribution in [0.2, 0.25) is 0 Å². The highest BCUT2D eigenvalue weighted by atomic mass is 79.9. The van der Waals surface area contributed by atoms with Crippen molar-refractivity contribution in [3.63, 3.8) is 0 Å². The number of halogens is 1. The summed E-state index contributed by atoms with van der Waals surface area (Å²) in [6, 6.07) is 7.96. The predicted octanol–water partition coefficient (Wildman–Crippen LogP) is 4.41. The maximum absolute atomic E-state index is 8.96. The molecule has 1 saturated carbocycles. The number of nitrogens with one attached hydrogen (secondary N) is 1. The van der Waals surface area contributed by atoms with E-state index in [1.165, 1.54) is 25.7 Å². The third kappa shape index (κ3) is 3.21. The molecule has 2 nitrogen and oxygen atoms in total. The van der Waals surface area contributed by atoms with Crippen LogP contribution in [0.3, 0.4) is 0 Å². The monoisotopic (exact) mass is 324 g/mol. The summed E-state index contributed by atoms with van der Waals surface area (Å²) < 4.78 is 1.34. The molecule has 0 aromatic heterocycles. The molecule has 1 aromatic carbocycles. The van der Waals surface area contributed by atoms with Crippen molar-refractivity contribution in [2.45, 2.75) is 30.4 Å². The van der Waals surface area contributed by atoms with Crippen LogP contribution < -0.4 is 5.32 Å². The largest absolute Gasteiger partial charge is 0.384 e. The lowest BCUT2D eigenvalue weighted by Crippen LogP contribution is -2.30. The molecule has 0 spiro atoms. The van der Waals surface area contributed by atoms with Crippen molar-refractivity contribution in [3.8, 4) is 6.07 Å². The topological polar surface area (TPSA) is 35.8 Å². The summed E-state index contributed by atoms with van der Waals surface area (Å²) in [5.41, 5.74) is 1.72. The summed E-state index contributed by atoms with van der Waals surface area (Å²) in [4.78, 5) is 0. The molecule has 0 saturated heterocycles. The molecular weight excluding hydrogens is 308 g/mol. The van der Waals surface area contributed by atoms with Gasteiger partial charge >= 0.3 is 0 Å². The third-order valence-electron chi connectivity index (χ3n) is 3.59. The van der Waals surface area contributed by atoms with Crippen LogP contribution in [0.1, 0.15) is 31.2 Å². The zero-order valence-electron chi connectivity index (χ0n) is 10.5. The van der Waals surface area contributed by atoms with Crippen molar-refractivity contribution in [2.75, 3.05) is 18.1 Å². The number of nitrogens with zero attached hydrogens (tertiary/aromatic N) is 1. The molecule has 2 rings (SSSR count). The first kappa shape index (κ1) is 13.8. The first-order valence-electron chi connectivity index (χ1n) is 6.17. The Labute approximate surface area is 121 Å². The SMILES string of the molecule is CSC1(CNc2cc(Br)cc(C#N)c2)CCCC1. The van der Waals surface area contributed by atoms with E-state index in [-0.39, 0.29) is 0 Å². The minimum absolute atomic E-state index is 0.384. The predicted molar refractivity (Wildman–Crippen MR) is 82.1 cm³/mol. The highest BCUT2D eigenvalue weighted by molar-refractivity contribution is 9.10. The Kier molecular flexibility index (Phi) is 4.58. The number of benzene rings is 1. The minimum atomic E-state index is 0.384. The van der Waals surface area contributed by atoms with Gasteiger partial charge in [0.25, 0.3) is 0 Å². The molecule has 0 heterocycles. The second-order valence-electron chi connectivity index (χ2n) is 4.79. The van der Waals surface area contributed by atoms with Crippen molar-refractivity contribution < 1.29 is 0 Å². The van der Waals surface area contributed by atoms with E-state index in [0.29, 0.717) is 10.3 Å². The van der Waals surface area contributed by atoms with Gasteiger partial charge in [-0.1, -0.05) is 28.8 Å². The quantitative estimate of drug-likeness (QED) is 0.891. The number of thioether (sulfide) groups is 1. The summed E-state index contributed by atoms with van der Waals surface area (Å²) in [5.74, 6) is 0. The molecule has 96 valence electrons. The molecule has 1 aliphatic carbocycles. The average Bonchev–Trinajstić information content (AvgIpc) is 2.85. The Morgan fingerprint density at radius 2 is 2.11 bits per heavy atom. The maximum atomic E-state index is 8.96. The van der Waals surface area contributed by atoms with Crippen LogP contribution >= 0.6 is 27.7 Å². The first-order chi connectivity index (χ1) is 8.67. The van der Waals surface area contributed by atoms with Gasteiger partial charge < -0.3 is 5.32 Å². The van der Waals surface area contributed by atoms with Gasteiger partial charge in [-0.25, -0.2) is 0 Å². The first-order valence-corrected chi connectivity index (χ1v) is 8.19. The lowest BCUT2D eigenvalue weighted by atomic mass is 10.1. The molecule has 1 N–H and O–H groups in total. The minimum Gasteiger partial charge on any atom is -0.384 e. The van der Waals surface area contributed by atoms with E-state index in [1.807, 2.05) is 30.0 Å². The van der Waals surface area contributed by atoms with Crippen LogP contribution in [-0.4, -0.2) is 17.5 Å². The molecule has 0 atom stereocenters. The highest BCUT2D eigenvalue weighted by Gasteiger charge is 2.32. The van der Waals surface area contributed by atoms with Crippen molar-refractivity contribution in [1.29, 1.82) is 5.26 Å². The standard InChI is InChI=1S/C14H17BrN2S/c1-18-14(4-2-3-5-14)10-17-13-7-11(9-16)6-12(15)8-13/h6-8,17H,2-5,10H2,1H3. The second-order valence-corrected chi connectivity index (χ2v) is 6.98. The molecule has 1 aromatic rings. The van der Waals surface area contributed by atoms with Crippen molar-refractivity contribution in [2.24, 2.45) is 0 Å². The fourth-order valence-corrected chi connectivity index (χ4v) is 3.90. The fraction of sp³-hybridized carbons (Fsp3) is 0.500. The van der Waals surface area contributed by atoms with E-state index < -0.39 is 0 Å². The van der Waals surface area contributed by atoms with Crippen LogP contribution in [0.5, 0.6) is 0 Å². The van der Waals surface area contributed by atoms with Crippen molar-refractivity contribution in [3.05, 3.63) is 28.2 Å². The van der Waals surface area contributed by atoms with Crippen LogP contribution in [-0.2, 0) is 0 Å². The van der Waals surface area contributed by atoms with Gasteiger partial charge in [-0.3, -0.25) is 0 Å². The summed E-state index contributed by atoms with van der Waals surface area (Å²) in [6.07, 6.45) is 7.46. The number of anilines is 1. The number of hydrogen-bond donors (Lipinski definition) is 1. The Balaban J connectivity index is 2.06. The number of hydrogen-bond acceptors (Lipinski definition) is 3. The van der Waals surface area contributed by atoms with Crippen LogP contribution in [0.4, 0.5) is 5.69 Å². The summed E-state index contributed by atoms with van der Waals surface area (Å²) in [7, 11) is 0. The molecule has 18 heavy (non-hydrogen) atoms. The van der Waals surface area contributed by atoms with E-state index in [9.17, 15) is 0 Å². The van der Waals surface area contributed by atoms with Crippen molar-refractivity contribution >= 4 is 33.4 Å². The van der Waals surface area contributed by atoms with Crippen LogP contribution in [0, 0.1) is 11.3 Å². The van der Waals surface area contributed by atoms with E-state index >= 15 is 0 Å². The van der Waals surface area contributed by atoms with E-state index in [0.717, 1.165) is 16.7 Å². The molecule has 0 radical (unpaired) electrons. The molecule has 1 fully saturated rings. The van der Waals surface area contributed by atoms with Crippen molar-refractivity contribution in [1.82, 2.24) is 0 Å². The summed E-state index contributed by atoms with van der Waals surface area (Å²) >= 11 is 5.42. The molecule has 0 amide bonds. The van der Waals surface area contributed by atoms with Gasteiger partial charge in [0.05, 0.1) is 11.6 Å². The third-order valence-corrected chi connectivity index (χ3v) is 5.47. The Hall–Kier alpha value is -0.660. The van der Waals surface area contributed by atoms with E-state index in [4.69, 9.17) is 5.26 Å². The molecular formula is C14H17BrN2S. The van der Waals surface area contributed by atoms with Gasteiger partial charge in [0.15, 0.2) is 0 Å². The normalized spacial score (nSPS) is 17.4. The Morgan fingerprint density at radius 1 is 1.39 bits per heavy atom. The fourth-order valence-electron chi connectivity index (χ4n) is 2.49. The smallest absolute Gasteiger partial charge is 0.0992 e. The maximum Gasteiger partial charge on any atom is 0.0992 e. The average molecular weight is 325 g/mol. The Morgan fingerprint density at radius 3 is 2.72 bits per heavy atom. The van der Waals surface area contributed by atoms with Gasteiger partial charge in [0.1, 0.15) is 0 Å².